The van der Waals surface area contributed by atoms with E-state index < -0.39 is 6.10 Å². The van der Waals surface area contributed by atoms with Crippen LogP contribution in [-0.2, 0) is 10.2 Å². The zero-order valence-electron chi connectivity index (χ0n) is 18.5. The molecule has 4 aliphatic rings. The Morgan fingerprint density at radius 3 is 2.23 bits per heavy atom. The molecule has 0 aromatic heterocycles. The Morgan fingerprint density at radius 2 is 1.68 bits per heavy atom. The van der Waals surface area contributed by atoms with Crippen LogP contribution in [0.25, 0.3) is 0 Å². The van der Waals surface area contributed by atoms with Crippen LogP contribution in [0.3, 0.4) is 0 Å². The first-order valence-corrected chi connectivity index (χ1v) is 12.2. The van der Waals surface area contributed by atoms with Crippen LogP contribution < -0.4 is 10.1 Å². The van der Waals surface area contributed by atoms with Gasteiger partial charge in [0.15, 0.2) is 6.10 Å². The molecule has 0 heterocycles. The SMILES string of the molecule is CC[C@@H](Oc1ccc(Cl)c(C)c1)C(=O)Nc1ccc(C23CC4CC(CC(C4)C2)C3)cc1. The van der Waals surface area contributed by atoms with E-state index in [2.05, 4.69) is 29.6 Å². The van der Waals surface area contributed by atoms with Gasteiger partial charge >= 0.3 is 0 Å². The fourth-order valence-electron chi connectivity index (χ4n) is 6.77. The molecule has 4 fully saturated rings. The quantitative estimate of drug-likeness (QED) is 0.533. The molecule has 4 bridgehead atoms. The average Bonchev–Trinajstić information content (AvgIpc) is 2.74. The second kappa shape index (κ2) is 8.16. The summed E-state index contributed by atoms with van der Waals surface area (Å²) in [6.07, 6.45) is 8.50. The first-order valence-electron chi connectivity index (χ1n) is 11.8. The molecule has 0 unspecified atom stereocenters. The molecule has 1 N–H and O–H groups in total. The van der Waals surface area contributed by atoms with E-state index in [4.69, 9.17) is 16.3 Å². The summed E-state index contributed by atoms with van der Waals surface area (Å²) in [7, 11) is 0. The number of hydrogen-bond acceptors (Lipinski definition) is 2. The molecular weight excluding hydrogens is 406 g/mol. The first-order chi connectivity index (χ1) is 14.9. The van der Waals surface area contributed by atoms with Gasteiger partial charge in [-0.2, -0.15) is 0 Å². The van der Waals surface area contributed by atoms with E-state index in [1.54, 1.807) is 6.07 Å². The van der Waals surface area contributed by atoms with Crippen molar-refractivity contribution in [1.29, 1.82) is 0 Å². The van der Waals surface area contributed by atoms with Gasteiger partial charge in [-0.3, -0.25) is 4.79 Å². The fraction of sp³-hybridized carbons (Fsp3) is 0.519. The van der Waals surface area contributed by atoms with Crippen molar-refractivity contribution in [2.24, 2.45) is 17.8 Å². The third kappa shape index (κ3) is 4.09. The number of rotatable bonds is 6. The van der Waals surface area contributed by atoms with Crippen molar-refractivity contribution in [3.8, 4) is 5.75 Å². The molecule has 31 heavy (non-hydrogen) atoms. The van der Waals surface area contributed by atoms with Crippen LogP contribution in [0.1, 0.15) is 63.0 Å². The summed E-state index contributed by atoms with van der Waals surface area (Å²) in [6.45, 7) is 3.89. The van der Waals surface area contributed by atoms with Crippen LogP contribution in [0, 0.1) is 24.7 Å². The number of anilines is 1. The molecule has 0 saturated heterocycles. The normalized spacial score (nSPS) is 29.6. The van der Waals surface area contributed by atoms with Crippen LogP contribution in [0.4, 0.5) is 5.69 Å². The van der Waals surface area contributed by atoms with Crippen molar-refractivity contribution in [1.82, 2.24) is 0 Å². The zero-order valence-corrected chi connectivity index (χ0v) is 19.3. The Hall–Kier alpha value is -2.00. The van der Waals surface area contributed by atoms with E-state index >= 15 is 0 Å². The Kier molecular flexibility index (Phi) is 5.50. The molecule has 1 atom stereocenters. The number of carbonyl (C=O) groups is 1. The first kappa shape index (κ1) is 20.9. The Labute approximate surface area is 190 Å². The Morgan fingerprint density at radius 1 is 1.06 bits per heavy atom. The van der Waals surface area contributed by atoms with Crippen LogP contribution in [-0.4, -0.2) is 12.0 Å². The van der Waals surface area contributed by atoms with E-state index in [1.165, 1.54) is 44.1 Å². The molecule has 2 aromatic rings. The Balaban J connectivity index is 1.26. The third-order valence-corrected chi connectivity index (χ3v) is 8.30. The predicted molar refractivity (Wildman–Crippen MR) is 126 cm³/mol. The van der Waals surface area contributed by atoms with Crippen LogP contribution in [0.2, 0.25) is 5.02 Å². The van der Waals surface area contributed by atoms with Gasteiger partial charge in [0.1, 0.15) is 5.75 Å². The van der Waals surface area contributed by atoms with Gasteiger partial charge in [0.25, 0.3) is 5.91 Å². The Bertz CT molecular complexity index is 932. The molecule has 0 radical (unpaired) electrons. The van der Waals surface area contributed by atoms with Crippen LogP contribution in [0.5, 0.6) is 5.75 Å². The fourth-order valence-corrected chi connectivity index (χ4v) is 6.89. The third-order valence-electron chi connectivity index (χ3n) is 7.87. The van der Waals surface area contributed by atoms with Crippen molar-refractivity contribution in [2.45, 2.75) is 70.3 Å². The highest BCUT2D eigenvalue weighted by atomic mass is 35.5. The highest BCUT2D eigenvalue weighted by Crippen LogP contribution is 2.60. The average molecular weight is 438 g/mol. The van der Waals surface area contributed by atoms with Crippen molar-refractivity contribution in [3.05, 3.63) is 58.6 Å². The van der Waals surface area contributed by atoms with E-state index in [1.807, 2.05) is 26.0 Å². The summed E-state index contributed by atoms with van der Waals surface area (Å²) < 4.78 is 5.95. The van der Waals surface area contributed by atoms with Crippen molar-refractivity contribution >= 4 is 23.2 Å². The molecule has 6 rings (SSSR count). The molecule has 2 aromatic carbocycles. The van der Waals surface area contributed by atoms with Crippen LogP contribution >= 0.6 is 11.6 Å². The lowest BCUT2D eigenvalue weighted by atomic mass is 9.48. The number of carbonyl (C=O) groups excluding carboxylic acids is 1. The lowest BCUT2D eigenvalue weighted by molar-refractivity contribution is -0.122. The molecule has 4 saturated carbocycles. The van der Waals surface area contributed by atoms with Gasteiger partial charge in [-0.25, -0.2) is 0 Å². The molecule has 0 aliphatic heterocycles. The summed E-state index contributed by atoms with van der Waals surface area (Å²) >= 11 is 6.10. The largest absolute Gasteiger partial charge is 0.481 e. The summed E-state index contributed by atoms with van der Waals surface area (Å²) in [5, 5.41) is 3.75. The lowest BCUT2D eigenvalue weighted by Crippen LogP contribution is -2.48. The summed E-state index contributed by atoms with van der Waals surface area (Å²) in [6, 6.07) is 14.2. The molecule has 0 spiro atoms. The van der Waals surface area contributed by atoms with Crippen molar-refractivity contribution < 1.29 is 9.53 Å². The van der Waals surface area contributed by atoms with E-state index in [0.717, 1.165) is 29.0 Å². The monoisotopic (exact) mass is 437 g/mol. The number of aryl methyl sites for hydroxylation is 1. The van der Waals surface area contributed by atoms with Gasteiger partial charge in [-0.1, -0.05) is 30.7 Å². The number of nitrogens with one attached hydrogen (secondary N) is 1. The maximum Gasteiger partial charge on any atom is 0.265 e. The molecule has 4 aliphatic carbocycles. The number of hydrogen-bond donors (Lipinski definition) is 1. The van der Waals surface area contributed by atoms with E-state index in [0.29, 0.717) is 22.6 Å². The summed E-state index contributed by atoms with van der Waals surface area (Å²) in [5.74, 6) is 3.36. The smallest absolute Gasteiger partial charge is 0.265 e. The number of amides is 1. The minimum atomic E-state index is -0.539. The number of halogens is 1. The topological polar surface area (TPSA) is 38.3 Å². The predicted octanol–water partition coefficient (Wildman–Crippen LogP) is 6.91. The van der Waals surface area contributed by atoms with Crippen molar-refractivity contribution in [2.75, 3.05) is 5.32 Å². The summed E-state index contributed by atoms with van der Waals surface area (Å²) in [5.41, 5.74) is 3.64. The van der Waals surface area contributed by atoms with Crippen molar-refractivity contribution in [3.63, 3.8) is 0 Å². The standard InChI is InChI=1S/C27H32ClNO2/c1-3-25(31-23-8-9-24(28)17(2)10-23)26(30)29-22-6-4-21(5-7-22)27-14-18-11-19(15-27)13-20(12-18)16-27/h4-10,18-20,25H,3,11-16H2,1-2H3,(H,29,30)/t18?,19?,20?,25-,27?/m1/s1. The molecule has 1 amide bonds. The second-order valence-electron chi connectivity index (χ2n) is 10.2. The highest BCUT2D eigenvalue weighted by molar-refractivity contribution is 6.31. The molecule has 3 nitrogen and oxygen atoms in total. The van der Waals surface area contributed by atoms with E-state index in [-0.39, 0.29) is 5.91 Å². The zero-order chi connectivity index (χ0) is 21.6. The maximum atomic E-state index is 12.8. The van der Waals surface area contributed by atoms with Gasteiger partial charge < -0.3 is 10.1 Å². The molecule has 4 heteroatoms. The molecule has 164 valence electrons. The minimum absolute atomic E-state index is 0.113. The lowest BCUT2D eigenvalue weighted by Gasteiger charge is -2.57. The van der Waals surface area contributed by atoms with Gasteiger partial charge in [-0.05, 0) is 116 Å². The second-order valence-corrected chi connectivity index (χ2v) is 10.6. The minimum Gasteiger partial charge on any atom is -0.481 e. The van der Waals surface area contributed by atoms with Gasteiger partial charge in [0.05, 0.1) is 0 Å². The maximum absolute atomic E-state index is 12.8. The number of ether oxygens (including phenoxy) is 1. The van der Waals surface area contributed by atoms with Gasteiger partial charge in [0.2, 0.25) is 0 Å². The number of benzene rings is 2. The highest BCUT2D eigenvalue weighted by Gasteiger charge is 2.51. The van der Waals surface area contributed by atoms with Crippen LogP contribution in [0.15, 0.2) is 42.5 Å². The molecular formula is C27H32ClNO2. The van der Waals surface area contributed by atoms with Gasteiger partial charge in [0, 0.05) is 10.7 Å². The summed E-state index contributed by atoms with van der Waals surface area (Å²) in [4.78, 5) is 12.8. The van der Waals surface area contributed by atoms with Gasteiger partial charge in [-0.15, -0.1) is 0 Å². The van der Waals surface area contributed by atoms with E-state index in [9.17, 15) is 4.79 Å².